The summed E-state index contributed by atoms with van der Waals surface area (Å²) < 4.78 is 32.3. The van der Waals surface area contributed by atoms with Gasteiger partial charge in [0.2, 0.25) is 5.91 Å². The number of ether oxygens (including phenoxy) is 1. The van der Waals surface area contributed by atoms with Gasteiger partial charge < -0.3 is 9.64 Å². The number of carbonyl (C=O) groups excluding carboxylic acids is 1. The van der Waals surface area contributed by atoms with Gasteiger partial charge in [0.05, 0.1) is 0 Å². The zero-order valence-corrected chi connectivity index (χ0v) is 12.7. The SMILES string of the molecule is COCC(=O)N1CCC(c2cc(C(F)F)n3ncnc3n2)CC1. The minimum absolute atomic E-state index is 0.0285. The first-order chi connectivity index (χ1) is 11.1. The van der Waals surface area contributed by atoms with Crippen molar-refractivity contribution in [1.29, 1.82) is 0 Å². The third kappa shape index (κ3) is 3.14. The zero-order valence-electron chi connectivity index (χ0n) is 12.7. The normalized spacial score (nSPS) is 16.4. The Balaban J connectivity index is 1.78. The molecule has 3 rings (SSSR count). The van der Waals surface area contributed by atoms with Gasteiger partial charge in [0.15, 0.2) is 0 Å². The van der Waals surface area contributed by atoms with Crippen molar-refractivity contribution in [2.75, 3.05) is 26.8 Å². The Bertz CT molecular complexity index is 698. The lowest BCUT2D eigenvalue weighted by atomic mass is 9.93. The molecule has 1 aliphatic rings. The molecule has 2 aromatic heterocycles. The second-order valence-corrected chi connectivity index (χ2v) is 5.47. The second kappa shape index (κ2) is 6.53. The van der Waals surface area contributed by atoms with E-state index in [1.807, 2.05) is 0 Å². The van der Waals surface area contributed by atoms with E-state index >= 15 is 0 Å². The molecule has 3 heterocycles. The van der Waals surface area contributed by atoms with Crippen LogP contribution in [0.15, 0.2) is 12.4 Å². The molecule has 23 heavy (non-hydrogen) atoms. The number of likely N-dealkylation sites (tertiary alicyclic amines) is 1. The number of amides is 1. The van der Waals surface area contributed by atoms with E-state index in [1.165, 1.54) is 19.5 Å². The first-order valence-electron chi connectivity index (χ1n) is 7.35. The molecule has 124 valence electrons. The van der Waals surface area contributed by atoms with Gasteiger partial charge in [0, 0.05) is 31.8 Å². The summed E-state index contributed by atoms with van der Waals surface area (Å²) in [4.78, 5) is 21.8. The fourth-order valence-electron chi connectivity index (χ4n) is 2.86. The quantitative estimate of drug-likeness (QED) is 0.850. The molecule has 1 aliphatic heterocycles. The van der Waals surface area contributed by atoms with Gasteiger partial charge in [-0.2, -0.15) is 14.6 Å². The molecule has 0 N–H and O–H groups in total. The molecule has 2 aromatic rings. The van der Waals surface area contributed by atoms with Crippen molar-refractivity contribution >= 4 is 11.7 Å². The van der Waals surface area contributed by atoms with Gasteiger partial charge >= 0.3 is 0 Å². The Morgan fingerprint density at radius 2 is 2.17 bits per heavy atom. The van der Waals surface area contributed by atoms with Crippen LogP contribution in [0.5, 0.6) is 0 Å². The van der Waals surface area contributed by atoms with Crippen molar-refractivity contribution < 1.29 is 18.3 Å². The highest BCUT2D eigenvalue weighted by Gasteiger charge is 2.26. The summed E-state index contributed by atoms with van der Waals surface area (Å²) in [5.41, 5.74) is 0.375. The average Bonchev–Trinajstić information content (AvgIpc) is 3.02. The molecule has 0 saturated carbocycles. The second-order valence-electron chi connectivity index (χ2n) is 5.47. The van der Waals surface area contributed by atoms with E-state index in [0.29, 0.717) is 31.6 Å². The lowest BCUT2D eigenvalue weighted by molar-refractivity contribution is -0.136. The summed E-state index contributed by atoms with van der Waals surface area (Å²) in [6.45, 7) is 1.19. The standard InChI is InChI=1S/C14H17F2N5O2/c1-23-7-12(22)20-4-2-9(3-5-20)10-6-11(13(15)16)21-14(19-10)17-8-18-21/h6,8-9,13H,2-5,7H2,1H3. The smallest absolute Gasteiger partial charge is 0.280 e. The average molecular weight is 325 g/mol. The van der Waals surface area contributed by atoms with Gasteiger partial charge in [-0.15, -0.1) is 0 Å². The van der Waals surface area contributed by atoms with Crippen LogP contribution in [0, 0.1) is 0 Å². The molecular formula is C14H17F2N5O2. The molecule has 7 nitrogen and oxygen atoms in total. The maximum absolute atomic E-state index is 13.2. The van der Waals surface area contributed by atoms with E-state index in [0.717, 1.165) is 4.52 Å². The van der Waals surface area contributed by atoms with Gasteiger partial charge in [-0.3, -0.25) is 4.79 Å². The summed E-state index contributed by atoms with van der Waals surface area (Å²) in [5, 5.41) is 3.78. The van der Waals surface area contributed by atoms with Gasteiger partial charge in [0.25, 0.3) is 12.2 Å². The molecule has 0 bridgehead atoms. The highest BCUT2D eigenvalue weighted by molar-refractivity contribution is 5.77. The maximum Gasteiger partial charge on any atom is 0.280 e. The summed E-state index contributed by atoms with van der Waals surface area (Å²) in [5.74, 6) is 0.150. The molecular weight excluding hydrogens is 308 g/mol. The Morgan fingerprint density at radius 3 is 2.83 bits per heavy atom. The zero-order chi connectivity index (χ0) is 16.4. The molecule has 9 heteroatoms. The monoisotopic (exact) mass is 325 g/mol. The molecule has 0 unspecified atom stereocenters. The fourth-order valence-corrected chi connectivity index (χ4v) is 2.86. The predicted octanol–water partition coefficient (Wildman–Crippen LogP) is 1.41. The van der Waals surface area contributed by atoms with Crippen molar-refractivity contribution in [2.45, 2.75) is 25.2 Å². The van der Waals surface area contributed by atoms with Crippen LogP contribution in [-0.2, 0) is 9.53 Å². The van der Waals surface area contributed by atoms with Crippen LogP contribution in [0.4, 0.5) is 8.78 Å². The number of rotatable bonds is 4. The number of hydrogen-bond acceptors (Lipinski definition) is 5. The summed E-state index contributed by atoms with van der Waals surface area (Å²) in [6.07, 6.45) is -0.0844. The topological polar surface area (TPSA) is 72.6 Å². The molecule has 1 fully saturated rings. The lowest BCUT2D eigenvalue weighted by Crippen LogP contribution is -2.39. The van der Waals surface area contributed by atoms with E-state index in [9.17, 15) is 13.6 Å². The summed E-state index contributed by atoms with van der Waals surface area (Å²) in [6, 6.07) is 1.39. The van der Waals surface area contributed by atoms with Crippen LogP contribution in [0.3, 0.4) is 0 Å². The maximum atomic E-state index is 13.2. The first kappa shape index (κ1) is 15.7. The number of halogens is 2. The molecule has 1 amide bonds. The molecule has 0 radical (unpaired) electrons. The number of fused-ring (bicyclic) bond motifs is 1. The number of hydrogen-bond donors (Lipinski definition) is 0. The fraction of sp³-hybridized carbons (Fsp3) is 0.571. The summed E-state index contributed by atoms with van der Waals surface area (Å²) in [7, 11) is 1.48. The largest absolute Gasteiger partial charge is 0.375 e. The number of carbonyl (C=O) groups is 1. The van der Waals surface area contributed by atoms with Crippen molar-refractivity contribution in [2.24, 2.45) is 0 Å². The van der Waals surface area contributed by atoms with Crippen LogP contribution >= 0.6 is 0 Å². The van der Waals surface area contributed by atoms with Gasteiger partial charge in [0.1, 0.15) is 18.6 Å². The number of aromatic nitrogens is 4. The van der Waals surface area contributed by atoms with E-state index in [1.54, 1.807) is 4.90 Å². The molecule has 1 saturated heterocycles. The van der Waals surface area contributed by atoms with Gasteiger partial charge in [-0.1, -0.05) is 0 Å². The van der Waals surface area contributed by atoms with E-state index < -0.39 is 6.43 Å². The van der Waals surface area contributed by atoms with Gasteiger partial charge in [-0.05, 0) is 18.9 Å². The van der Waals surface area contributed by atoms with Crippen LogP contribution in [0.2, 0.25) is 0 Å². The Labute approximate surface area is 131 Å². The third-order valence-electron chi connectivity index (χ3n) is 4.06. The minimum Gasteiger partial charge on any atom is -0.375 e. The van der Waals surface area contributed by atoms with Gasteiger partial charge in [-0.25, -0.2) is 13.8 Å². The number of piperidine rings is 1. The Morgan fingerprint density at radius 1 is 1.43 bits per heavy atom. The Kier molecular flexibility index (Phi) is 4.46. The van der Waals surface area contributed by atoms with Crippen LogP contribution < -0.4 is 0 Å². The van der Waals surface area contributed by atoms with E-state index in [4.69, 9.17) is 4.74 Å². The number of methoxy groups -OCH3 is 1. The van der Waals surface area contributed by atoms with Crippen LogP contribution in [-0.4, -0.2) is 57.2 Å². The minimum atomic E-state index is -2.65. The Hall–Kier alpha value is -2.16. The molecule has 0 atom stereocenters. The molecule has 0 aliphatic carbocycles. The van der Waals surface area contributed by atoms with Crippen molar-refractivity contribution in [3.05, 3.63) is 23.8 Å². The summed E-state index contributed by atoms with van der Waals surface area (Å²) >= 11 is 0. The predicted molar refractivity (Wildman–Crippen MR) is 76.2 cm³/mol. The van der Waals surface area contributed by atoms with E-state index in [2.05, 4.69) is 15.1 Å². The van der Waals surface area contributed by atoms with Crippen molar-refractivity contribution in [3.63, 3.8) is 0 Å². The first-order valence-corrected chi connectivity index (χ1v) is 7.35. The highest BCUT2D eigenvalue weighted by Crippen LogP contribution is 2.29. The number of nitrogens with zero attached hydrogens (tertiary/aromatic N) is 5. The van der Waals surface area contributed by atoms with Crippen molar-refractivity contribution in [1.82, 2.24) is 24.5 Å². The van der Waals surface area contributed by atoms with Crippen molar-refractivity contribution in [3.8, 4) is 0 Å². The van der Waals surface area contributed by atoms with Crippen LogP contribution in [0.1, 0.15) is 36.6 Å². The molecule has 0 aromatic carbocycles. The lowest BCUT2D eigenvalue weighted by Gasteiger charge is -2.31. The van der Waals surface area contributed by atoms with Crippen LogP contribution in [0.25, 0.3) is 5.78 Å². The molecule has 0 spiro atoms. The third-order valence-corrected chi connectivity index (χ3v) is 4.06. The van der Waals surface area contributed by atoms with E-state index in [-0.39, 0.29) is 29.9 Å². The number of alkyl halides is 2. The highest BCUT2D eigenvalue weighted by atomic mass is 19.3.